The lowest BCUT2D eigenvalue weighted by molar-refractivity contribution is -0.169. The molecule has 2 saturated carbocycles. The molecule has 0 aromatic carbocycles. The van der Waals surface area contributed by atoms with Gasteiger partial charge in [-0.25, -0.2) is 23.2 Å². The largest absolute Gasteiger partial charge is 0.406 e. The lowest BCUT2D eigenvalue weighted by atomic mass is 9.74. The number of sulfonamides is 1. The monoisotopic (exact) mass is 562 g/mol. The van der Waals surface area contributed by atoms with E-state index < -0.39 is 40.1 Å². The molecule has 3 heterocycles. The Kier molecular flexibility index (Phi) is 8.97. The van der Waals surface area contributed by atoms with Gasteiger partial charge in [-0.2, -0.15) is 13.2 Å². The van der Waals surface area contributed by atoms with Gasteiger partial charge in [-0.3, -0.25) is 4.79 Å². The van der Waals surface area contributed by atoms with Gasteiger partial charge in [-0.1, -0.05) is 38.5 Å². The molecule has 0 aromatic rings. The lowest BCUT2D eigenvalue weighted by Crippen LogP contribution is -2.50. The van der Waals surface area contributed by atoms with Crippen LogP contribution in [0.2, 0.25) is 0 Å². The van der Waals surface area contributed by atoms with Crippen molar-refractivity contribution in [2.45, 2.75) is 113 Å². The van der Waals surface area contributed by atoms with Gasteiger partial charge in [0, 0.05) is 32.2 Å². The third-order valence-electron chi connectivity index (χ3n) is 10.2. The minimum atomic E-state index is -4.50. The SMILES string of the molecule is O=C(NCC1CCCCC1)C1C2CC(C3CCN(S(=O)(=O)C4CCCCC4)CC3)CCN2NC1C(F)(F)F. The summed E-state index contributed by atoms with van der Waals surface area (Å²) in [6.07, 6.45) is 8.35. The Bertz CT molecular complexity index is 913. The average Bonchev–Trinajstić information content (AvgIpc) is 3.33. The molecule has 38 heavy (non-hydrogen) atoms. The predicted octanol–water partition coefficient (Wildman–Crippen LogP) is 4.20. The van der Waals surface area contributed by atoms with Crippen LogP contribution in [0.15, 0.2) is 0 Å². The first-order valence-corrected chi connectivity index (χ1v) is 16.5. The molecule has 218 valence electrons. The number of nitrogens with zero attached hydrogens (tertiary/aromatic N) is 2. The molecule has 5 fully saturated rings. The van der Waals surface area contributed by atoms with Crippen molar-refractivity contribution in [3.63, 3.8) is 0 Å². The highest BCUT2D eigenvalue weighted by Gasteiger charge is 2.58. The molecular formula is C27H45F3N4O3S. The van der Waals surface area contributed by atoms with E-state index in [1.807, 2.05) is 0 Å². The van der Waals surface area contributed by atoms with Gasteiger partial charge >= 0.3 is 6.18 Å². The molecule has 0 radical (unpaired) electrons. The standard InChI is InChI=1S/C27H45F3N4O3S/c28-27(29,30)25-24(26(35)31-18-19-7-3-1-4-8-19)23-17-21(13-16-34(23)32-25)20-11-14-33(15-12-20)38(36,37)22-9-5-2-6-10-22/h19-25,32H,1-18H2,(H,31,35). The summed E-state index contributed by atoms with van der Waals surface area (Å²) >= 11 is 0. The number of hydrogen-bond acceptors (Lipinski definition) is 5. The summed E-state index contributed by atoms with van der Waals surface area (Å²) in [4.78, 5) is 13.2. The number of hydrazine groups is 1. The molecule has 3 saturated heterocycles. The van der Waals surface area contributed by atoms with E-state index in [1.165, 1.54) is 6.42 Å². The lowest BCUT2D eigenvalue weighted by Gasteiger charge is -2.42. The minimum absolute atomic E-state index is 0.207. The number of alkyl halides is 3. The number of hydrogen-bond donors (Lipinski definition) is 2. The maximum Gasteiger partial charge on any atom is 0.406 e. The molecular weight excluding hydrogens is 517 g/mol. The van der Waals surface area contributed by atoms with Crippen molar-refractivity contribution in [3.05, 3.63) is 0 Å². The van der Waals surface area contributed by atoms with Gasteiger partial charge in [-0.15, -0.1) is 0 Å². The molecule has 0 aromatic heterocycles. The van der Waals surface area contributed by atoms with E-state index in [4.69, 9.17) is 0 Å². The highest BCUT2D eigenvalue weighted by atomic mass is 32.2. The third kappa shape index (κ3) is 6.20. The number of carbonyl (C=O) groups is 1. The normalized spacial score (nSPS) is 33.8. The summed E-state index contributed by atoms with van der Waals surface area (Å²) in [5.74, 6) is -0.791. The van der Waals surface area contributed by atoms with E-state index in [0.29, 0.717) is 38.5 Å². The Morgan fingerprint density at radius 3 is 2.08 bits per heavy atom. The van der Waals surface area contributed by atoms with E-state index >= 15 is 0 Å². The molecule has 4 atom stereocenters. The summed E-state index contributed by atoms with van der Waals surface area (Å²) in [7, 11) is -3.28. The molecule has 0 spiro atoms. The van der Waals surface area contributed by atoms with Crippen molar-refractivity contribution in [1.82, 2.24) is 20.1 Å². The molecule has 7 nitrogen and oxygen atoms in total. The number of fused-ring (bicyclic) bond motifs is 1. The topological polar surface area (TPSA) is 81.8 Å². The number of carbonyl (C=O) groups excluding carboxylic acids is 1. The van der Waals surface area contributed by atoms with E-state index in [1.54, 1.807) is 9.31 Å². The fourth-order valence-electron chi connectivity index (χ4n) is 7.97. The van der Waals surface area contributed by atoms with Gasteiger partial charge in [0.15, 0.2) is 0 Å². The zero-order valence-corrected chi connectivity index (χ0v) is 23.2. The molecule has 5 aliphatic rings. The minimum Gasteiger partial charge on any atom is -0.355 e. The van der Waals surface area contributed by atoms with Crippen LogP contribution in [0.5, 0.6) is 0 Å². The molecule has 1 amide bonds. The maximum absolute atomic E-state index is 14.0. The van der Waals surface area contributed by atoms with Gasteiger partial charge in [0.05, 0.1) is 11.2 Å². The quantitative estimate of drug-likeness (QED) is 0.507. The summed E-state index contributed by atoms with van der Waals surface area (Å²) < 4.78 is 70.1. The Hall–Kier alpha value is -0.910. The number of rotatable bonds is 6. The van der Waals surface area contributed by atoms with Crippen molar-refractivity contribution < 1.29 is 26.4 Å². The van der Waals surface area contributed by atoms with E-state index in [0.717, 1.165) is 77.0 Å². The average molecular weight is 563 g/mol. The fraction of sp³-hybridized carbons (Fsp3) is 0.963. The van der Waals surface area contributed by atoms with E-state index in [2.05, 4.69) is 10.7 Å². The Morgan fingerprint density at radius 2 is 1.45 bits per heavy atom. The first kappa shape index (κ1) is 28.6. The van der Waals surface area contributed by atoms with Crippen LogP contribution in [0.1, 0.15) is 89.9 Å². The van der Waals surface area contributed by atoms with Crippen molar-refractivity contribution in [2.24, 2.45) is 23.7 Å². The van der Waals surface area contributed by atoms with Crippen LogP contribution in [0.4, 0.5) is 13.2 Å². The summed E-state index contributed by atoms with van der Waals surface area (Å²) in [6, 6.07) is -2.35. The smallest absolute Gasteiger partial charge is 0.355 e. The van der Waals surface area contributed by atoms with Gasteiger partial charge in [0.2, 0.25) is 15.9 Å². The van der Waals surface area contributed by atoms with Crippen LogP contribution in [-0.4, -0.2) is 73.3 Å². The number of piperidine rings is 2. The van der Waals surface area contributed by atoms with Crippen molar-refractivity contribution in [2.75, 3.05) is 26.2 Å². The highest BCUT2D eigenvalue weighted by molar-refractivity contribution is 7.89. The molecule has 5 rings (SSSR count). The van der Waals surface area contributed by atoms with Gasteiger partial charge in [0.1, 0.15) is 6.04 Å². The number of nitrogens with one attached hydrogen (secondary N) is 2. The van der Waals surface area contributed by atoms with Crippen molar-refractivity contribution in [1.29, 1.82) is 0 Å². The summed E-state index contributed by atoms with van der Waals surface area (Å²) in [5, 5.41) is 4.31. The van der Waals surface area contributed by atoms with Crippen LogP contribution in [0.25, 0.3) is 0 Å². The van der Waals surface area contributed by atoms with Crippen molar-refractivity contribution >= 4 is 15.9 Å². The van der Waals surface area contributed by atoms with Crippen LogP contribution >= 0.6 is 0 Å². The second-order valence-corrected chi connectivity index (χ2v) is 14.7. The second-order valence-electron chi connectivity index (χ2n) is 12.5. The molecule has 4 unspecified atom stereocenters. The van der Waals surface area contributed by atoms with E-state index in [-0.39, 0.29) is 17.1 Å². The van der Waals surface area contributed by atoms with Crippen molar-refractivity contribution in [3.8, 4) is 0 Å². The van der Waals surface area contributed by atoms with E-state index in [9.17, 15) is 26.4 Å². The molecule has 3 aliphatic heterocycles. The van der Waals surface area contributed by atoms with Crippen LogP contribution < -0.4 is 10.7 Å². The molecule has 0 bridgehead atoms. The van der Waals surface area contributed by atoms with Crippen LogP contribution in [0, 0.1) is 23.7 Å². The zero-order chi connectivity index (χ0) is 26.9. The third-order valence-corrected chi connectivity index (χ3v) is 12.6. The second kappa shape index (κ2) is 11.9. The van der Waals surface area contributed by atoms with Gasteiger partial charge < -0.3 is 5.32 Å². The number of amides is 1. The Morgan fingerprint density at radius 1 is 0.842 bits per heavy atom. The van der Waals surface area contributed by atoms with Gasteiger partial charge in [0.25, 0.3) is 0 Å². The van der Waals surface area contributed by atoms with Crippen LogP contribution in [0.3, 0.4) is 0 Å². The summed E-state index contributed by atoms with van der Waals surface area (Å²) in [6.45, 7) is 1.95. The highest BCUT2D eigenvalue weighted by Crippen LogP contribution is 2.43. The zero-order valence-electron chi connectivity index (χ0n) is 22.4. The first-order chi connectivity index (χ1) is 18.1. The number of halogens is 3. The summed E-state index contributed by atoms with van der Waals surface area (Å²) in [5.41, 5.74) is 2.65. The fourth-order valence-corrected chi connectivity index (χ4v) is 10.0. The maximum atomic E-state index is 14.0. The molecule has 11 heteroatoms. The Balaban J connectivity index is 1.20. The van der Waals surface area contributed by atoms with Crippen LogP contribution in [-0.2, 0) is 14.8 Å². The molecule has 2 N–H and O–H groups in total. The first-order valence-electron chi connectivity index (χ1n) is 15.0. The predicted molar refractivity (Wildman–Crippen MR) is 139 cm³/mol. The van der Waals surface area contributed by atoms with Gasteiger partial charge in [-0.05, 0) is 69.1 Å². The molecule has 2 aliphatic carbocycles. The Labute approximate surface area is 225 Å².